The highest BCUT2D eigenvalue weighted by molar-refractivity contribution is 6.02. The van der Waals surface area contributed by atoms with E-state index in [0.29, 0.717) is 29.0 Å². The van der Waals surface area contributed by atoms with Crippen molar-refractivity contribution in [3.8, 4) is 5.75 Å². The van der Waals surface area contributed by atoms with Gasteiger partial charge in [0.05, 0.1) is 7.11 Å². The number of nitrogens with two attached hydrogens (primary N) is 1. The first kappa shape index (κ1) is 14.7. The minimum absolute atomic E-state index is 0.00287. The van der Waals surface area contributed by atoms with Crippen LogP contribution in [0.1, 0.15) is 43.5 Å². The van der Waals surface area contributed by atoms with Crippen LogP contribution < -0.4 is 10.5 Å². The van der Waals surface area contributed by atoms with Crippen molar-refractivity contribution in [1.82, 2.24) is 4.90 Å². The Labute approximate surface area is 120 Å². The topological polar surface area (TPSA) is 55.6 Å². The van der Waals surface area contributed by atoms with Crippen LogP contribution in [-0.4, -0.2) is 30.5 Å². The van der Waals surface area contributed by atoms with Gasteiger partial charge in [-0.1, -0.05) is 19.9 Å². The molecule has 0 heterocycles. The molecule has 0 saturated heterocycles. The predicted octanol–water partition coefficient (Wildman–Crippen LogP) is 2.93. The van der Waals surface area contributed by atoms with Gasteiger partial charge in [0.1, 0.15) is 11.3 Å². The van der Waals surface area contributed by atoms with Gasteiger partial charge in [0.15, 0.2) is 0 Å². The number of nitrogens with zero attached hydrogens (tertiary/aromatic N) is 1. The second-order valence-electron chi connectivity index (χ2n) is 5.84. The molecular weight excluding hydrogens is 252 g/mol. The van der Waals surface area contributed by atoms with Crippen LogP contribution in [0.4, 0.5) is 5.69 Å². The second-order valence-corrected chi connectivity index (χ2v) is 5.84. The first-order valence-electron chi connectivity index (χ1n) is 7.28. The molecule has 0 aromatic heterocycles. The molecule has 1 saturated carbocycles. The van der Waals surface area contributed by atoms with Crippen LogP contribution in [0.15, 0.2) is 18.2 Å². The van der Waals surface area contributed by atoms with E-state index in [4.69, 9.17) is 10.5 Å². The summed E-state index contributed by atoms with van der Waals surface area (Å²) in [5, 5.41) is 0. The predicted molar refractivity (Wildman–Crippen MR) is 80.9 cm³/mol. The van der Waals surface area contributed by atoms with E-state index in [1.165, 1.54) is 0 Å². The van der Waals surface area contributed by atoms with Crippen molar-refractivity contribution in [2.45, 2.75) is 39.2 Å². The zero-order chi connectivity index (χ0) is 14.7. The zero-order valence-electron chi connectivity index (χ0n) is 12.6. The minimum Gasteiger partial charge on any atom is -0.496 e. The Morgan fingerprint density at radius 1 is 1.45 bits per heavy atom. The molecule has 2 rings (SSSR count). The summed E-state index contributed by atoms with van der Waals surface area (Å²) in [6.07, 6.45) is 3.20. The van der Waals surface area contributed by atoms with Gasteiger partial charge >= 0.3 is 0 Å². The second kappa shape index (κ2) is 6.16. The van der Waals surface area contributed by atoms with Crippen molar-refractivity contribution in [2.75, 3.05) is 19.4 Å². The molecule has 1 fully saturated rings. The molecule has 4 heteroatoms. The van der Waals surface area contributed by atoms with Crippen LogP contribution in [-0.2, 0) is 0 Å². The summed E-state index contributed by atoms with van der Waals surface area (Å²) in [4.78, 5) is 14.8. The Hall–Kier alpha value is -1.71. The molecule has 0 aliphatic heterocycles. The number of anilines is 1. The molecule has 0 bridgehead atoms. The van der Waals surface area contributed by atoms with Crippen LogP contribution in [0.2, 0.25) is 0 Å². The lowest BCUT2D eigenvalue weighted by atomic mass is 10.1. The minimum atomic E-state index is 0.00287. The third-order valence-electron chi connectivity index (χ3n) is 3.69. The summed E-state index contributed by atoms with van der Waals surface area (Å²) in [6.45, 7) is 5.14. The quantitative estimate of drug-likeness (QED) is 0.813. The van der Waals surface area contributed by atoms with Gasteiger partial charge in [0.25, 0.3) is 5.91 Å². The average molecular weight is 276 g/mol. The van der Waals surface area contributed by atoms with Crippen LogP contribution in [0.3, 0.4) is 0 Å². The molecule has 20 heavy (non-hydrogen) atoms. The van der Waals surface area contributed by atoms with Crippen molar-refractivity contribution in [3.05, 3.63) is 23.8 Å². The maximum absolute atomic E-state index is 12.8. The Morgan fingerprint density at radius 2 is 2.15 bits per heavy atom. The molecule has 1 aliphatic carbocycles. The highest BCUT2D eigenvalue weighted by atomic mass is 16.5. The van der Waals surface area contributed by atoms with Gasteiger partial charge in [-0.3, -0.25) is 4.79 Å². The standard InChI is InChI=1S/C16H24N2O2/c1-11(2)9-10-18(12-7-8-12)16(19)15-13(17)5-4-6-14(15)20-3/h4-6,11-12H,7-10,17H2,1-3H3. The molecule has 2 N–H and O–H groups in total. The summed E-state index contributed by atoms with van der Waals surface area (Å²) < 4.78 is 5.30. The first-order valence-corrected chi connectivity index (χ1v) is 7.28. The van der Waals surface area contributed by atoms with Crippen molar-refractivity contribution in [1.29, 1.82) is 0 Å². The third kappa shape index (κ3) is 3.24. The molecule has 110 valence electrons. The van der Waals surface area contributed by atoms with E-state index in [2.05, 4.69) is 13.8 Å². The van der Waals surface area contributed by atoms with E-state index in [0.717, 1.165) is 25.8 Å². The molecule has 1 aliphatic rings. The molecule has 1 amide bonds. The molecule has 1 aromatic rings. The summed E-state index contributed by atoms with van der Waals surface area (Å²) in [7, 11) is 1.57. The van der Waals surface area contributed by atoms with Crippen LogP contribution in [0.25, 0.3) is 0 Å². The molecule has 0 atom stereocenters. The van der Waals surface area contributed by atoms with Crippen LogP contribution >= 0.6 is 0 Å². The zero-order valence-corrected chi connectivity index (χ0v) is 12.6. The Bertz CT molecular complexity index is 481. The molecule has 0 unspecified atom stereocenters. The summed E-state index contributed by atoms with van der Waals surface area (Å²) >= 11 is 0. The Kier molecular flexibility index (Phi) is 4.53. The van der Waals surface area contributed by atoms with Gasteiger partial charge in [-0.05, 0) is 37.3 Å². The number of hydrogen-bond acceptors (Lipinski definition) is 3. The van der Waals surface area contributed by atoms with Gasteiger partial charge < -0.3 is 15.4 Å². The van der Waals surface area contributed by atoms with Gasteiger partial charge in [0, 0.05) is 18.3 Å². The smallest absolute Gasteiger partial charge is 0.259 e. The van der Waals surface area contributed by atoms with Crippen molar-refractivity contribution < 1.29 is 9.53 Å². The highest BCUT2D eigenvalue weighted by Crippen LogP contribution is 2.32. The van der Waals surface area contributed by atoms with Gasteiger partial charge in [-0.2, -0.15) is 0 Å². The summed E-state index contributed by atoms with van der Waals surface area (Å²) in [5.41, 5.74) is 6.98. The fourth-order valence-electron chi connectivity index (χ4n) is 2.32. The Morgan fingerprint density at radius 3 is 2.70 bits per heavy atom. The molecule has 0 spiro atoms. The van der Waals surface area contributed by atoms with Crippen molar-refractivity contribution in [2.24, 2.45) is 5.92 Å². The van der Waals surface area contributed by atoms with E-state index in [9.17, 15) is 4.79 Å². The number of hydrogen-bond donors (Lipinski definition) is 1. The van der Waals surface area contributed by atoms with Crippen molar-refractivity contribution in [3.63, 3.8) is 0 Å². The number of carbonyl (C=O) groups is 1. The number of carbonyl (C=O) groups excluding carboxylic acids is 1. The molecule has 1 aromatic carbocycles. The lowest BCUT2D eigenvalue weighted by Crippen LogP contribution is -2.35. The summed E-state index contributed by atoms with van der Waals surface area (Å²) in [6, 6.07) is 5.73. The molecular formula is C16H24N2O2. The van der Waals surface area contributed by atoms with E-state index in [-0.39, 0.29) is 5.91 Å². The largest absolute Gasteiger partial charge is 0.496 e. The number of nitrogen functional groups attached to an aromatic ring is 1. The average Bonchev–Trinajstić information content (AvgIpc) is 3.22. The first-order chi connectivity index (χ1) is 9.54. The van der Waals surface area contributed by atoms with E-state index in [1.54, 1.807) is 25.3 Å². The fourth-order valence-corrected chi connectivity index (χ4v) is 2.32. The van der Waals surface area contributed by atoms with Crippen LogP contribution in [0.5, 0.6) is 5.75 Å². The number of benzene rings is 1. The molecule has 0 radical (unpaired) electrons. The maximum atomic E-state index is 12.8. The normalized spacial score (nSPS) is 14.4. The van der Waals surface area contributed by atoms with Gasteiger partial charge in [-0.15, -0.1) is 0 Å². The lowest BCUT2D eigenvalue weighted by molar-refractivity contribution is 0.0733. The van der Waals surface area contributed by atoms with Gasteiger partial charge in [-0.25, -0.2) is 0 Å². The van der Waals surface area contributed by atoms with Gasteiger partial charge in [0.2, 0.25) is 0 Å². The van der Waals surface area contributed by atoms with E-state index in [1.807, 2.05) is 4.90 Å². The fraction of sp³-hybridized carbons (Fsp3) is 0.562. The highest BCUT2D eigenvalue weighted by Gasteiger charge is 2.34. The van der Waals surface area contributed by atoms with Crippen molar-refractivity contribution >= 4 is 11.6 Å². The number of amides is 1. The lowest BCUT2D eigenvalue weighted by Gasteiger charge is -2.25. The van der Waals surface area contributed by atoms with E-state index < -0.39 is 0 Å². The Balaban J connectivity index is 2.23. The van der Waals surface area contributed by atoms with Crippen LogP contribution in [0, 0.1) is 5.92 Å². The van der Waals surface area contributed by atoms with E-state index >= 15 is 0 Å². The monoisotopic (exact) mass is 276 g/mol. The third-order valence-corrected chi connectivity index (χ3v) is 3.69. The number of ether oxygens (including phenoxy) is 1. The number of methoxy groups -OCH3 is 1. The number of rotatable bonds is 6. The maximum Gasteiger partial charge on any atom is 0.259 e. The SMILES string of the molecule is COc1cccc(N)c1C(=O)N(CCC(C)C)C1CC1. The summed E-state index contributed by atoms with van der Waals surface area (Å²) in [5.74, 6) is 1.15. The molecule has 4 nitrogen and oxygen atoms in total.